The molecule has 0 heterocycles. The van der Waals surface area contributed by atoms with E-state index in [1.165, 1.54) is 0 Å². The van der Waals surface area contributed by atoms with Gasteiger partial charge in [-0.1, -0.05) is 13.0 Å². The van der Waals surface area contributed by atoms with Gasteiger partial charge in [-0.3, -0.25) is 4.79 Å². The standard InChI is InChI=1S/C14H20N2O3/c1-4-11(14(18)19)16-12-8-10(7-6-9(12)3)13(17)15-5-2/h6-8,11,16H,4-5H2,1-3H3,(H,15,17)(H,18,19). The lowest BCUT2D eigenvalue weighted by atomic mass is 10.1. The Morgan fingerprint density at radius 2 is 2.00 bits per heavy atom. The van der Waals surface area contributed by atoms with Crippen molar-refractivity contribution in [1.29, 1.82) is 0 Å². The molecule has 0 fully saturated rings. The molecular weight excluding hydrogens is 244 g/mol. The average molecular weight is 264 g/mol. The van der Waals surface area contributed by atoms with E-state index in [-0.39, 0.29) is 5.91 Å². The minimum absolute atomic E-state index is 0.158. The first kappa shape index (κ1) is 15.0. The van der Waals surface area contributed by atoms with Crippen molar-refractivity contribution >= 4 is 17.6 Å². The Morgan fingerprint density at radius 3 is 2.53 bits per heavy atom. The number of aliphatic carboxylic acids is 1. The molecule has 0 spiro atoms. The molecule has 0 saturated heterocycles. The summed E-state index contributed by atoms with van der Waals surface area (Å²) in [6.45, 7) is 6.08. The number of benzene rings is 1. The zero-order valence-electron chi connectivity index (χ0n) is 11.5. The van der Waals surface area contributed by atoms with E-state index in [1.54, 1.807) is 19.1 Å². The Labute approximate surface area is 113 Å². The van der Waals surface area contributed by atoms with E-state index in [9.17, 15) is 9.59 Å². The van der Waals surface area contributed by atoms with E-state index in [4.69, 9.17) is 5.11 Å². The molecule has 1 aromatic rings. The molecule has 5 heteroatoms. The summed E-state index contributed by atoms with van der Waals surface area (Å²) in [4.78, 5) is 22.8. The number of anilines is 1. The number of hydrogen-bond acceptors (Lipinski definition) is 3. The molecule has 3 N–H and O–H groups in total. The van der Waals surface area contributed by atoms with Crippen molar-refractivity contribution in [1.82, 2.24) is 5.32 Å². The number of hydrogen-bond donors (Lipinski definition) is 3. The summed E-state index contributed by atoms with van der Waals surface area (Å²) in [6.07, 6.45) is 0.472. The third kappa shape index (κ3) is 3.98. The van der Waals surface area contributed by atoms with Crippen LogP contribution in [0.2, 0.25) is 0 Å². The lowest BCUT2D eigenvalue weighted by molar-refractivity contribution is -0.137. The van der Waals surface area contributed by atoms with E-state index in [2.05, 4.69) is 10.6 Å². The van der Waals surface area contributed by atoms with Crippen LogP contribution >= 0.6 is 0 Å². The number of carbonyl (C=O) groups excluding carboxylic acids is 1. The fourth-order valence-corrected chi connectivity index (χ4v) is 1.71. The highest BCUT2D eigenvalue weighted by atomic mass is 16.4. The highest BCUT2D eigenvalue weighted by molar-refractivity contribution is 5.95. The number of rotatable bonds is 6. The Balaban J connectivity index is 2.97. The van der Waals surface area contributed by atoms with Crippen LogP contribution < -0.4 is 10.6 Å². The first-order valence-electron chi connectivity index (χ1n) is 6.37. The van der Waals surface area contributed by atoms with Gasteiger partial charge in [-0.05, 0) is 38.0 Å². The summed E-state index contributed by atoms with van der Waals surface area (Å²) in [5.41, 5.74) is 2.11. The van der Waals surface area contributed by atoms with Crippen LogP contribution in [0.3, 0.4) is 0 Å². The second kappa shape index (κ2) is 6.78. The van der Waals surface area contributed by atoms with Gasteiger partial charge in [-0.2, -0.15) is 0 Å². The molecule has 19 heavy (non-hydrogen) atoms. The third-order valence-corrected chi connectivity index (χ3v) is 2.87. The second-order valence-corrected chi connectivity index (χ2v) is 4.33. The highest BCUT2D eigenvalue weighted by Crippen LogP contribution is 2.18. The van der Waals surface area contributed by atoms with E-state index in [1.807, 2.05) is 19.9 Å². The molecule has 1 rings (SSSR count). The lowest BCUT2D eigenvalue weighted by Gasteiger charge is -2.16. The van der Waals surface area contributed by atoms with Crippen LogP contribution in [-0.2, 0) is 4.79 Å². The normalized spacial score (nSPS) is 11.7. The minimum atomic E-state index is -0.898. The molecule has 1 atom stereocenters. The van der Waals surface area contributed by atoms with Crippen molar-refractivity contribution in [2.75, 3.05) is 11.9 Å². The van der Waals surface area contributed by atoms with Crippen LogP contribution in [0, 0.1) is 6.92 Å². The largest absolute Gasteiger partial charge is 0.480 e. The molecule has 0 aliphatic carbocycles. The van der Waals surface area contributed by atoms with Crippen LogP contribution in [-0.4, -0.2) is 29.6 Å². The maximum Gasteiger partial charge on any atom is 0.326 e. The van der Waals surface area contributed by atoms with Crippen LogP contribution in [0.5, 0.6) is 0 Å². The Hall–Kier alpha value is -2.04. The summed E-state index contributed by atoms with van der Waals surface area (Å²) in [5, 5.41) is 14.7. The van der Waals surface area contributed by atoms with Crippen molar-refractivity contribution < 1.29 is 14.7 Å². The monoisotopic (exact) mass is 264 g/mol. The van der Waals surface area contributed by atoms with E-state index in [0.29, 0.717) is 24.2 Å². The van der Waals surface area contributed by atoms with Gasteiger partial charge < -0.3 is 15.7 Å². The maximum atomic E-state index is 11.7. The summed E-state index contributed by atoms with van der Waals surface area (Å²) in [5.74, 6) is -1.06. The predicted octanol–water partition coefficient (Wildman–Crippen LogP) is 2.02. The SMILES string of the molecule is CCNC(=O)c1ccc(C)c(NC(CC)C(=O)O)c1. The van der Waals surface area contributed by atoms with Crippen molar-refractivity contribution in [3.63, 3.8) is 0 Å². The Kier molecular flexibility index (Phi) is 5.36. The topological polar surface area (TPSA) is 78.4 Å². The lowest BCUT2D eigenvalue weighted by Crippen LogP contribution is -2.29. The van der Waals surface area contributed by atoms with Gasteiger partial charge in [0.25, 0.3) is 5.91 Å². The molecule has 104 valence electrons. The van der Waals surface area contributed by atoms with Crippen molar-refractivity contribution in [2.24, 2.45) is 0 Å². The van der Waals surface area contributed by atoms with E-state index in [0.717, 1.165) is 5.56 Å². The van der Waals surface area contributed by atoms with Gasteiger partial charge in [0, 0.05) is 17.8 Å². The Morgan fingerprint density at radius 1 is 1.32 bits per heavy atom. The number of carbonyl (C=O) groups is 2. The summed E-state index contributed by atoms with van der Waals surface area (Å²) >= 11 is 0. The molecular formula is C14H20N2O3. The number of nitrogens with one attached hydrogen (secondary N) is 2. The van der Waals surface area contributed by atoms with Gasteiger partial charge >= 0.3 is 5.97 Å². The zero-order chi connectivity index (χ0) is 14.4. The molecule has 1 aromatic carbocycles. The molecule has 0 radical (unpaired) electrons. The van der Waals surface area contributed by atoms with Gasteiger partial charge in [-0.15, -0.1) is 0 Å². The average Bonchev–Trinajstić information content (AvgIpc) is 2.37. The summed E-state index contributed by atoms with van der Waals surface area (Å²) in [7, 11) is 0. The minimum Gasteiger partial charge on any atom is -0.480 e. The molecule has 0 aliphatic rings. The van der Waals surface area contributed by atoms with Crippen LogP contribution in [0.25, 0.3) is 0 Å². The van der Waals surface area contributed by atoms with Crippen molar-refractivity contribution in [3.8, 4) is 0 Å². The molecule has 1 unspecified atom stereocenters. The Bertz CT molecular complexity index is 472. The number of carboxylic acids is 1. The summed E-state index contributed by atoms with van der Waals surface area (Å²) < 4.78 is 0. The van der Waals surface area contributed by atoms with Crippen molar-refractivity contribution in [2.45, 2.75) is 33.2 Å². The predicted molar refractivity (Wildman–Crippen MR) is 74.5 cm³/mol. The molecule has 0 saturated carbocycles. The molecule has 0 aromatic heterocycles. The first-order chi connectivity index (χ1) is 8.99. The molecule has 0 bridgehead atoms. The quantitative estimate of drug-likeness (QED) is 0.734. The summed E-state index contributed by atoms with van der Waals surface area (Å²) in [6, 6.07) is 4.57. The van der Waals surface area contributed by atoms with Crippen molar-refractivity contribution in [3.05, 3.63) is 29.3 Å². The molecule has 0 aliphatic heterocycles. The van der Waals surface area contributed by atoms with Crippen LogP contribution in [0.15, 0.2) is 18.2 Å². The number of amides is 1. The third-order valence-electron chi connectivity index (χ3n) is 2.87. The number of carboxylic acid groups (broad SMARTS) is 1. The van der Waals surface area contributed by atoms with E-state index < -0.39 is 12.0 Å². The fourth-order valence-electron chi connectivity index (χ4n) is 1.71. The van der Waals surface area contributed by atoms with E-state index >= 15 is 0 Å². The van der Waals surface area contributed by atoms with Gasteiger partial charge in [0.2, 0.25) is 0 Å². The fraction of sp³-hybridized carbons (Fsp3) is 0.429. The van der Waals surface area contributed by atoms with Gasteiger partial charge in [0.15, 0.2) is 0 Å². The van der Waals surface area contributed by atoms with Gasteiger partial charge in [0.05, 0.1) is 0 Å². The van der Waals surface area contributed by atoms with Gasteiger partial charge in [-0.25, -0.2) is 4.79 Å². The zero-order valence-corrected chi connectivity index (χ0v) is 11.5. The van der Waals surface area contributed by atoms with Crippen LogP contribution in [0.4, 0.5) is 5.69 Å². The van der Waals surface area contributed by atoms with Gasteiger partial charge in [0.1, 0.15) is 6.04 Å². The number of aryl methyl sites for hydroxylation is 1. The van der Waals surface area contributed by atoms with Crippen LogP contribution in [0.1, 0.15) is 36.2 Å². The first-order valence-corrected chi connectivity index (χ1v) is 6.37. The second-order valence-electron chi connectivity index (χ2n) is 4.33. The highest BCUT2D eigenvalue weighted by Gasteiger charge is 2.16. The molecule has 1 amide bonds. The maximum absolute atomic E-state index is 11.7. The smallest absolute Gasteiger partial charge is 0.326 e. The molecule has 5 nitrogen and oxygen atoms in total.